The summed E-state index contributed by atoms with van der Waals surface area (Å²) in [6.45, 7) is 2.24. The molecule has 21 heavy (non-hydrogen) atoms. The Balaban J connectivity index is 1.57. The van der Waals surface area contributed by atoms with E-state index in [0.717, 1.165) is 43.5 Å². The van der Waals surface area contributed by atoms with E-state index in [4.69, 9.17) is 26.2 Å². The molecule has 2 N–H and O–H groups in total. The monoisotopic (exact) mass is 311 g/mol. The van der Waals surface area contributed by atoms with Crippen LogP contribution >= 0.6 is 11.6 Å². The van der Waals surface area contributed by atoms with Crippen LogP contribution in [0.2, 0.25) is 5.02 Å². The van der Waals surface area contributed by atoms with Gasteiger partial charge in [0.2, 0.25) is 0 Å². The number of aliphatic hydroxyl groups is 1. The highest BCUT2D eigenvalue weighted by atomic mass is 35.5. The molecule has 0 saturated heterocycles. The summed E-state index contributed by atoms with van der Waals surface area (Å²) >= 11 is 6.25. The molecule has 2 aliphatic rings. The lowest BCUT2D eigenvalue weighted by Crippen LogP contribution is -2.33. The van der Waals surface area contributed by atoms with Gasteiger partial charge in [-0.2, -0.15) is 0 Å². The Kier molecular flexibility index (Phi) is 4.88. The van der Waals surface area contributed by atoms with Crippen molar-refractivity contribution in [3.8, 4) is 11.5 Å². The highest BCUT2D eigenvalue weighted by Crippen LogP contribution is 2.38. The molecule has 1 aromatic carbocycles. The molecule has 1 saturated carbocycles. The molecule has 5 heteroatoms. The van der Waals surface area contributed by atoms with Crippen LogP contribution in [0.5, 0.6) is 11.5 Å². The van der Waals surface area contributed by atoms with E-state index in [0.29, 0.717) is 42.6 Å². The first-order valence-electron chi connectivity index (χ1n) is 7.68. The van der Waals surface area contributed by atoms with Crippen molar-refractivity contribution in [2.24, 2.45) is 5.92 Å². The Morgan fingerprint density at radius 1 is 1.14 bits per heavy atom. The van der Waals surface area contributed by atoms with Gasteiger partial charge in [-0.05, 0) is 49.3 Å². The van der Waals surface area contributed by atoms with E-state index in [9.17, 15) is 0 Å². The van der Waals surface area contributed by atoms with E-state index in [1.807, 2.05) is 12.1 Å². The SMILES string of the molecule is OCC1CCC(NCc2cc(Cl)c3c(c2)OCCO3)CC1. The van der Waals surface area contributed by atoms with E-state index in [1.54, 1.807) is 0 Å². The van der Waals surface area contributed by atoms with Crippen LogP contribution in [0.3, 0.4) is 0 Å². The van der Waals surface area contributed by atoms with Crippen molar-refractivity contribution in [3.63, 3.8) is 0 Å². The minimum atomic E-state index is 0.324. The first kappa shape index (κ1) is 14.9. The predicted octanol–water partition coefficient (Wildman–Crippen LogP) is 2.75. The third-order valence-corrected chi connectivity index (χ3v) is 4.64. The third-order valence-electron chi connectivity index (χ3n) is 4.36. The molecule has 1 fully saturated rings. The molecule has 1 heterocycles. The molecule has 4 nitrogen and oxygen atoms in total. The van der Waals surface area contributed by atoms with Crippen LogP contribution in [-0.2, 0) is 6.54 Å². The van der Waals surface area contributed by atoms with Crippen LogP contribution in [0.1, 0.15) is 31.2 Å². The van der Waals surface area contributed by atoms with Crippen molar-refractivity contribution in [1.29, 1.82) is 0 Å². The predicted molar refractivity (Wildman–Crippen MR) is 82.1 cm³/mol. The Bertz CT molecular complexity index is 487. The zero-order chi connectivity index (χ0) is 14.7. The largest absolute Gasteiger partial charge is 0.486 e. The fourth-order valence-electron chi connectivity index (χ4n) is 3.08. The fraction of sp³-hybridized carbons (Fsp3) is 0.625. The molecule has 1 aliphatic heterocycles. The van der Waals surface area contributed by atoms with Crippen LogP contribution in [0.15, 0.2) is 12.1 Å². The Morgan fingerprint density at radius 3 is 2.67 bits per heavy atom. The molecule has 0 atom stereocenters. The summed E-state index contributed by atoms with van der Waals surface area (Å²) in [4.78, 5) is 0. The van der Waals surface area contributed by atoms with Gasteiger partial charge in [0.05, 0.1) is 5.02 Å². The highest BCUT2D eigenvalue weighted by molar-refractivity contribution is 6.32. The summed E-state index contributed by atoms with van der Waals surface area (Å²) in [5.41, 5.74) is 1.12. The molecule has 0 radical (unpaired) electrons. The fourth-order valence-corrected chi connectivity index (χ4v) is 3.37. The van der Waals surface area contributed by atoms with Gasteiger partial charge >= 0.3 is 0 Å². The number of halogens is 1. The number of fused-ring (bicyclic) bond motifs is 1. The normalized spacial score (nSPS) is 24.9. The molecule has 1 aromatic rings. The number of ether oxygens (including phenoxy) is 2. The van der Waals surface area contributed by atoms with Crippen LogP contribution in [0, 0.1) is 5.92 Å². The molecule has 3 rings (SSSR count). The summed E-state index contributed by atoms with van der Waals surface area (Å²) in [7, 11) is 0. The third kappa shape index (κ3) is 3.62. The molecule has 0 unspecified atom stereocenters. The van der Waals surface area contributed by atoms with E-state index in [1.165, 1.54) is 0 Å². The second kappa shape index (κ2) is 6.86. The number of benzene rings is 1. The second-order valence-corrected chi connectivity index (χ2v) is 6.29. The van der Waals surface area contributed by atoms with Gasteiger partial charge in [-0.25, -0.2) is 0 Å². The van der Waals surface area contributed by atoms with Crippen molar-refractivity contribution in [3.05, 3.63) is 22.7 Å². The number of aliphatic hydroxyl groups excluding tert-OH is 1. The Morgan fingerprint density at radius 2 is 1.90 bits per heavy atom. The smallest absolute Gasteiger partial charge is 0.179 e. The summed E-state index contributed by atoms with van der Waals surface area (Å²) in [6, 6.07) is 4.48. The van der Waals surface area contributed by atoms with Gasteiger partial charge in [0.1, 0.15) is 13.2 Å². The molecule has 0 amide bonds. The van der Waals surface area contributed by atoms with Crippen molar-refractivity contribution >= 4 is 11.6 Å². The van der Waals surface area contributed by atoms with Crippen LogP contribution in [0.25, 0.3) is 0 Å². The summed E-state index contributed by atoms with van der Waals surface area (Å²) in [5.74, 6) is 1.90. The zero-order valence-corrected chi connectivity index (χ0v) is 12.9. The number of nitrogens with one attached hydrogen (secondary N) is 1. The first-order valence-corrected chi connectivity index (χ1v) is 8.06. The molecule has 0 aromatic heterocycles. The van der Waals surface area contributed by atoms with Gasteiger partial charge in [-0.15, -0.1) is 0 Å². The lowest BCUT2D eigenvalue weighted by Gasteiger charge is -2.28. The number of hydrogen-bond donors (Lipinski definition) is 2. The summed E-state index contributed by atoms with van der Waals surface area (Å²) < 4.78 is 11.1. The van der Waals surface area contributed by atoms with Crippen LogP contribution in [-0.4, -0.2) is 31.0 Å². The van der Waals surface area contributed by atoms with Crippen molar-refractivity contribution in [2.75, 3.05) is 19.8 Å². The average molecular weight is 312 g/mol. The minimum Gasteiger partial charge on any atom is -0.486 e. The number of rotatable bonds is 4. The van der Waals surface area contributed by atoms with E-state index >= 15 is 0 Å². The van der Waals surface area contributed by atoms with Crippen molar-refractivity contribution in [1.82, 2.24) is 5.32 Å². The van der Waals surface area contributed by atoms with Crippen molar-refractivity contribution < 1.29 is 14.6 Å². The molecule has 116 valence electrons. The maximum absolute atomic E-state index is 9.17. The topological polar surface area (TPSA) is 50.7 Å². The minimum absolute atomic E-state index is 0.324. The van der Waals surface area contributed by atoms with Gasteiger partial charge in [-0.3, -0.25) is 0 Å². The quantitative estimate of drug-likeness (QED) is 0.898. The maximum Gasteiger partial charge on any atom is 0.179 e. The van der Waals surface area contributed by atoms with Crippen LogP contribution < -0.4 is 14.8 Å². The van der Waals surface area contributed by atoms with Gasteiger partial charge in [0.15, 0.2) is 11.5 Å². The highest BCUT2D eigenvalue weighted by Gasteiger charge is 2.21. The molecular formula is C16H22ClNO3. The first-order chi connectivity index (χ1) is 10.3. The van der Waals surface area contributed by atoms with E-state index in [-0.39, 0.29) is 0 Å². The maximum atomic E-state index is 9.17. The zero-order valence-electron chi connectivity index (χ0n) is 12.1. The van der Waals surface area contributed by atoms with E-state index in [2.05, 4.69) is 5.32 Å². The standard InChI is InChI=1S/C16H22ClNO3/c17-14-7-12(8-15-16(14)21-6-5-20-15)9-18-13-3-1-11(10-19)2-4-13/h7-8,11,13,18-19H,1-6,9-10H2. The molecule has 0 bridgehead atoms. The van der Waals surface area contributed by atoms with Crippen LogP contribution in [0.4, 0.5) is 0 Å². The number of hydrogen-bond acceptors (Lipinski definition) is 4. The van der Waals surface area contributed by atoms with Gasteiger partial charge in [0.25, 0.3) is 0 Å². The summed E-state index contributed by atoms with van der Waals surface area (Å²) in [6.07, 6.45) is 4.47. The second-order valence-electron chi connectivity index (χ2n) is 5.88. The molecule has 0 spiro atoms. The Hall–Kier alpha value is -0.970. The van der Waals surface area contributed by atoms with Gasteiger partial charge in [-0.1, -0.05) is 11.6 Å². The van der Waals surface area contributed by atoms with Crippen molar-refractivity contribution in [2.45, 2.75) is 38.3 Å². The molecule has 1 aliphatic carbocycles. The lowest BCUT2D eigenvalue weighted by molar-refractivity contribution is 0.171. The van der Waals surface area contributed by atoms with Gasteiger partial charge in [0, 0.05) is 19.2 Å². The Labute approximate surface area is 130 Å². The van der Waals surface area contributed by atoms with E-state index < -0.39 is 0 Å². The molecular weight excluding hydrogens is 290 g/mol. The summed E-state index contributed by atoms with van der Waals surface area (Å²) in [5, 5.41) is 13.4. The van der Waals surface area contributed by atoms with Gasteiger partial charge < -0.3 is 19.9 Å². The lowest BCUT2D eigenvalue weighted by atomic mass is 9.86. The average Bonchev–Trinajstić information content (AvgIpc) is 2.53.